The number of hydrogen-bond donors (Lipinski definition) is 0. The number of pyridine rings is 1. The number of aryl methyl sites for hydroxylation is 1. The quantitative estimate of drug-likeness (QED) is 0.445. The van der Waals surface area contributed by atoms with Gasteiger partial charge in [-0.05, 0) is 48.9 Å². The molecule has 170 valence electrons. The van der Waals surface area contributed by atoms with Crippen molar-refractivity contribution in [2.45, 2.75) is 44.5 Å². The van der Waals surface area contributed by atoms with Crippen LogP contribution in [0.2, 0.25) is 0 Å². The maximum atomic E-state index is 12.8. The largest absolute Gasteiger partial charge is 0.573 e. The molecule has 1 aliphatic carbocycles. The van der Waals surface area contributed by atoms with Crippen LogP contribution in [0.5, 0.6) is 5.75 Å². The fourth-order valence-electron chi connectivity index (χ4n) is 4.05. The zero-order chi connectivity index (χ0) is 23.2. The Morgan fingerprint density at radius 3 is 2.64 bits per heavy atom. The molecule has 3 aromatic heterocycles. The third kappa shape index (κ3) is 4.30. The van der Waals surface area contributed by atoms with Crippen LogP contribution in [0.25, 0.3) is 10.9 Å². The molecule has 0 bridgehead atoms. The van der Waals surface area contributed by atoms with Crippen molar-refractivity contribution in [2.75, 3.05) is 0 Å². The number of alkyl halides is 3. The smallest absolute Gasteiger partial charge is 0.406 e. The minimum absolute atomic E-state index is 0.0818. The molecule has 3 heterocycles. The number of halogens is 3. The van der Waals surface area contributed by atoms with Crippen LogP contribution in [0.1, 0.15) is 47.5 Å². The monoisotopic (exact) mass is 457 g/mol. The summed E-state index contributed by atoms with van der Waals surface area (Å²) in [5.41, 5.74) is 1.99. The van der Waals surface area contributed by atoms with E-state index < -0.39 is 6.36 Å². The van der Waals surface area contributed by atoms with Gasteiger partial charge in [-0.25, -0.2) is 4.98 Å². The highest BCUT2D eigenvalue weighted by Gasteiger charge is 2.35. The molecule has 0 amide bonds. The number of fused-ring (bicyclic) bond motifs is 1. The van der Waals surface area contributed by atoms with E-state index >= 15 is 0 Å². The zero-order valence-corrected chi connectivity index (χ0v) is 17.4. The van der Waals surface area contributed by atoms with Gasteiger partial charge in [0, 0.05) is 12.1 Å². The first-order chi connectivity index (χ1) is 15.8. The van der Waals surface area contributed by atoms with Gasteiger partial charge < -0.3 is 9.26 Å². The molecule has 1 aromatic carbocycles. The Morgan fingerprint density at radius 1 is 1.15 bits per heavy atom. The summed E-state index contributed by atoms with van der Waals surface area (Å²) in [6.45, 7) is 1.91. The van der Waals surface area contributed by atoms with E-state index in [1.54, 1.807) is 31.5 Å². The Kier molecular flexibility index (Phi) is 5.10. The normalized spacial score (nSPS) is 18.3. The molecule has 1 fully saturated rings. The molecule has 5 rings (SSSR count). The number of hydrogen-bond acceptors (Lipinski definition) is 7. The van der Waals surface area contributed by atoms with Crippen LogP contribution in [0, 0.1) is 6.92 Å². The second-order valence-corrected chi connectivity index (χ2v) is 8.06. The molecule has 0 unspecified atom stereocenters. The Labute approximate surface area is 185 Å². The van der Waals surface area contributed by atoms with Gasteiger partial charge in [-0.15, -0.1) is 13.2 Å². The molecule has 0 N–H and O–H groups in total. The third-order valence-corrected chi connectivity index (χ3v) is 5.80. The molecular weight excluding hydrogens is 439 g/mol. The predicted octanol–water partition coefficient (Wildman–Crippen LogP) is 4.09. The van der Waals surface area contributed by atoms with Crippen molar-refractivity contribution < 1.29 is 22.4 Å². The fraction of sp³-hybridized carbons (Fsp3) is 0.318. The first kappa shape index (κ1) is 21.1. The van der Waals surface area contributed by atoms with E-state index in [-0.39, 0.29) is 29.7 Å². The van der Waals surface area contributed by atoms with Gasteiger partial charge in [0.15, 0.2) is 5.82 Å². The molecule has 33 heavy (non-hydrogen) atoms. The van der Waals surface area contributed by atoms with Crippen molar-refractivity contribution in [1.29, 1.82) is 0 Å². The number of ether oxygens (including phenoxy) is 1. The van der Waals surface area contributed by atoms with Gasteiger partial charge in [0.1, 0.15) is 12.3 Å². The molecule has 0 atom stereocenters. The first-order valence-electron chi connectivity index (χ1n) is 10.2. The molecule has 0 aliphatic heterocycles. The van der Waals surface area contributed by atoms with Crippen molar-refractivity contribution in [1.82, 2.24) is 24.7 Å². The standard InChI is InChI=1S/C22H18F3N5O3/c1-12-8-26-9-17-19(12)21(31)30(11-27-17)10-18-28-20(29-33-18)15-6-14(7-15)13-2-4-16(5-3-13)32-22(23,24)25/h2-5,8-9,11,14-15H,6-7,10H2,1H3. The fourth-order valence-corrected chi connectivity index (χ4v) is 4.05. The summed E-state index contributed by atoms with van der Waals surface area (Å²) in [5, 5.41) is 4.55. The maximum Gasteiger partial charge on any atom is 0.573 e. The van der Waals surface area contributed by atoms with Crippen molar-refractivity contribution in [3.8, 4) is 5.75 Å². The summed E-state index contributed by atoms with van der Waals surface area (Å²) < 4.78 is 47.5. The Hall–Kier alpha value is -3.76. The number of aromatic nitrogens is 5. The predicted molar refractivity (Wildman–Crippen MR) is 110 cm³/mol. The van der Waals surface area contributed by atoms with Crippen molar-refractivity contribution in [3.63, 3.8) is 0 Å². The van der Waals surface area contributed by atoms with Crippen molar-refractivity contribution in [3.05, 3.63) is 76.2 Å². The summed E-state index contributed by atoms with van der Waals surface area (Å²) in [4.78, 5) is 25.6. The summed E-state index contributed by atoms with van der Waals surface area (Å²) in [6, 6.07) is 5.91. The summed E-state index contributed by atoms with van der Waals surface area (Å²) in [5.74, 6) is 0.895. The van der Waals surface area contributed by atoms with Crippen LogP contribution >= 0.6 is 0 Å². The lowest BCUT2D eigenvalue weighted by atomic mass is 9.71. The summed E-state index contributed by atoms with van der Waals surface area (Å²) in [6.07, 6.45) is 1.39. The molecule has 4 aromatic rings. The van der Waals surface area contributed by atoms with Gasteiger partial charge in [0.25, 0.3) is 5.56 Å². The van der Waals surface area contributed by atoms with Crippen LogP contribution in [-0.4, -0.2) is 31.0 Å². The van der Waals surface area contributed by atoms with Gasteiger partial charge in [-0.2, -0.15) is 4.98 Å². The highest BCUT2D eigenvalue weighted by molar-refractivity contribution is 5.79. The van der Waals surface area contributed by atoms with Crippen LogP contribution in [-0.2, 0) is 6.54 Å². The van der Waals surface area contributed by atoms with E-state index in [0.29, 0.717) is 22.6 Å². The molecule has 1 aliphatic rings. The van der Waals surface area contributed by atoms with E-state index in [2.05, 4.69) is 24.8 Å². The minimum Gasteiger partial charge on any atom is -0.406 e. The van der Waals surface area contributed by atoms with Crippen molar-refractivity contribution in [2.24, 2.45) is 0 Å². The lowest BCUT2D eigenvalue weighted by Gasteiger charge is -2.33. The van der Waals surface area contributed by atoms with Crippen molar-refractivity contribution >= 4 is 10.9 Å². The Bertz CT molecular complexity index is 1360. The van der Waals surface area contributed by atoms with E-state index in [9.17, 15) is 18.0 Å². The molecule has 1 saturated carbocycles. The second kappa shape index (κ2) is 7.98. The second-order valence-electron chi connectivity index (χ2n) is 8.06. The topological polar surface area (TPSA) is 95.9 Å². The molecule has 0 radical (unpaired) electrons. The SMILES string of the molecule is Cc1cncc2ncn(Cc3nc(C4CC(c5ccc(OC(F)(F)F)cc5)C4)no3)c(=O)c12. The highest BCUT2D eigenvalue weighted by Crippen LogP contribution is 2.46. The van der Waals surface area contributed by atoms with E-state index in [4.69, 9.17) is 4.52 Å². The number of benzene rings is 1. The van der Waals surface area contributed by atoms with Crippen LogP contribution in [0.15, 0.2) is 52.3 Å². The van der Waals surface area contributed by atoms with Crippen LogP contribution in [0.4, 0.5) is 13.2 Å². The molecule has 8 nitrogen and oxygen atoms in total. The lowest BCUT2D eigenvalue weighted by molar-refractivity contribution is -0.274. The maximum absolute atomic E-state index is 12.8. The van der Waals surface area contributed by atoms with Crippen LogP contribution in [0.3, 0.4) is 0 Å². The average Bonchev–Trinajstić information content (AvgIpc) is 3.17. The van der Waals surface area contributed by atoms with E-state index in [0.717, 1.165) is 24.0 Å². The molecule has 0 saturated heterocycles. The highest BCUT2D eigenvalue weighted by atomic mass is 19.4. The number of rotatable bonds is 5. The number of nitrogens with zero attached hydrogens (tertiary/aromatic N) is 5. The molecule has 11 heteroatoms. The lowest BCUT2D eigenvalue weighted by Crippen LogP contribution is -2.23. The van der Waals surface area contributed by atoms with Crippen LogP contribution < -0.4 is 10.3 Å². The zero-order valence-electron chi connectivity index (χ0n) is 17.4. The van der Waals surface area contributed by atoms with Gasteiger partial charge in [-0.1, -0.05) is 17.3 Å². The van der Waals surface area contributed by atoms with E-state index in [1.165, 1.54) is 23.0 Å². The summed E-state index contributed by atoms with van der Waals surface area (Å²) in [7, 11) is 0. The molecule has 0 spiro atoms. The Morgan fingerprint density at radius 2 is 1.91 bits per heavy atom. The van der Waals surface area contributed by atoms with Gasteiger partial charge in [0.2, 0.25) is 5.89 Å². The minimum atomic E-state index is -4.70. The van der Waals surface area contributed by atoms with Gasteiger partial charge in [0.05, 0.1) is 23.4 Å². The van der Waals surface area contributed by atoms with E-state index in [1.807, 2.05) is 0 Å². The molecular formula is C22H18F3N5O3. The van der Waals surface area contributed by atoms with Gasteiger partial charge >= 0.3 is 6.36 Å². The Balaban J connectivity index is 1.24. The summed E-state index contributed by atoms with van der Waals surface area (Å²) >= 11 is 0. The average molecular weight is 457 g/mol. The third-order valence-electron chi connectivity index (χ3n) is 5.80. The first-order valence-corrected chi connectivity index (χ1v) is 10.2. The van der Waals surface area contributed by atoms with Gasteiger partial charge in [-0.3, -0.25) is 14.3 Å².